The van der Waals surface area contributed by atoms with E-state index in [4.69, 9.17) is 19.2 Å². The number of rotatable bonds is 8. The first-order valence-electron chi connectivity index (χ1n) is 14.2. The molecule has 2 aromatic carbocycles. The summed E-state index contributed by atoms with van der Waals surface area (Å²) in [5, 5.41) is 16.3. The fourth-order valence-electron chi connectivity index (χ4n) is 4.98. The zero-order valence-electron chi connectivity index (χ0n) is 24.6. The molecular weight excluding hydrogens is 550 g/mol. The Morgan fingerprint density at radius 3 is 2.53 bits per heavy atom. The number of nitrogens with zero attached hydrogens (tertiary/aromatic N) is 3. The van der Waals surface area contributed by atoms with Crippen molar-refractivity contribution in [1.82, 2.24) is 9.88 Å². The van der Waals surface area contributed by atoms with E-state index in [1.54, 1.807) is 37.9 Å². The molecule has 3 N–H and O–H groups in total. The number of anilines is 2. The summed E-state index contributed by atoms with van der Waals surface area (Å²) in [6, 6.07) is 20.3. The highest BCUT2D eigenvalue weighted by Gasteiger charge is 2.45. The molecule has 11 nitrogen and oxygen atoms in total. The van der Waals surface area contributed by atoms with E-state index in [-0.39, 0.29) is 25.1 Å². The number of carbonyl (C=O) groups is 2. The molecular formula is C32H37N5O6. The fourth-order valence-corrected chi connectivity index (χ4v) is 4.98. The van der Waals surface area contributed by atoms with E-state index in [0.29, 0.717) is 43.3 Å². The third-order valence-electron chi connectivity index (χ3n) is 7.09. The molecule has 2 amide bonds. The van der Waals surface area contributed by atoms with Crippen LogP contribution >= 0.6 is 0 Å². The first kappa shape index (κ1) is 29.8. The predicted molar refractivity (Wildman–Crippen MR) is 162 cm³/mol. The normalized spacial score (nSPS) is 18.5. The highest BCUT2D eigenvalue weighted by atomic mass is 16.6. The minimum absolute atomic E-state index is 0.183. The monoisotopic (exact) mass is 587 g/mol. The average Bonchev–Trinajstić information content (AvgIpc) is 3.61. The van der Waals surface area contributed by atoms with E-state index in [1.807, 2.05) is 60.7 Å². The van der Waals surface area contributed by atoms with Crippen molar-refractivity contribution in [3.05, 3.63) is 89.6 Å². The van der Waals surface area contributed by atoms with Gasteiger partial charge in [-0.1, -0.05) is 60.7 Å². The number of aliphatic imine (C=N–C) groups is 1. The van der Waals surface area contributed by atoms with Crippen LogP contribution in [0.5, 0.6) is 0 Å². The number of hydrogen-bond acceptors (Lipinski definition) is 9. The van der Waals surface area contributed by atoms with Crippen LogP contribution in [-0.2, 0) is 20.8 Å². The van der Waals surface area contributed by atoms with Crippen LogP contribution in [0.3, 0.4) is 0 Å². The van der Waals surface area contributed by atoms with Gasteiger partial charge in [-0.3, -0.25) is 5.32 Å². The molecule has 0 radical (unpaired) electrons. The molecule has 1 unspecified atom stereocenters. The van der Waals surface area contributed by atoms with Gasteiger partial charge in [0.2, 0.25) is 5.90 Å². The molecule has 1 spiro atoms. The van der Waals surface area contributed by atoms with Crippen LogP contribution in [0.15, 0.2) is 77.9 Å². The Bertz CT molecular complexity index is 1460. The van der Waals surface area contributed by atoms with E-state index >= 15 is 0 Å². The second-order valence-electron chi connectivity index (χ2n) is 11.7. The van der Waals surface area contributed by atoms with Gasteiger partial charge in [0.15, 0.2) is 0 Å². The molecule has 1 aromatic heterocycles. The van der Waals surface area contributed by atoms with Crippen LogP contribution in [0.25, 0.3) is 0 Å². The molecule has 0 aliphatic carbocycles. The van der Waals surface area contributed by atoms with Crippen molar-refractivity contribution in [3.8, 4) is 0 Å². The molecule has 43 heavy (non-hydrogen) atoms. The van der Waals surface area contributed by atoms with Gasteiger partial charge >= 0.3 is 12.2 Å². The first-order chi connectivity index (χ1) is 20.6. The van der Waals surface area contributed by atoms with Crippen LogP contribution < -0.4 is 10.6 Å². The molecule has 3 heterocycles. The van der Waals surface area contributed by atoms with Crippen molar-refractivity contribution in [3.63, 3.8) is 0 Å². The standard InChI is InChI=1S/C32H37N5O6/c1-31(2,3)43-29(39)35-27-16-25(34-26(18-38)23-12-8-5-9-13-23)24(17-33-27)28-36-32(21-42-28)14-15-37(20-32)30(40)41-19-22-10-6-4-7-11-22/h4-13,16-17,26,38H,14-15,18-21H2,1-3H3,(H2,33,34,35,39)/t26-,32?/m1/s1. The van der Waals surface area contributed by atoms with Crippen LogP contribution in [0.2, 0.25) is 0 Å². The van der Waals surface area contributed by atoms with Gasteiger partial charge in [0, 0.05) is 18.8 Å². The van der Waals surface area contributed by atoms with Crippen molar-refractivity contribution in [2.24, 2.45) is 4.99 Å². The molecule has 3 aromatic rings. The Labute approximate surface area is 250 Å². The average molecular weight is 588 g/mol. The summed E-state index contributed by atoms with van der Waals surface area (Å²) in [7, 11) is 0. The fraction of sp³-hybridized carbons (Fsp3) is 0.375. The number of ether oxygens (including phenoxy) is 3. The van der Waals surface area contributed by atoms with E-state index < -0.39 is 23.3 Å². The Kier molecular flexibility index (Phi) is 8.81. The first-order valence-corrected chi connectivity index (χ1v) is 14.2. The van der Waals surface area contributed by atoms with E-state index in [1.165, 1.54) is 0 Å². The minimum Gasteiger partial charge on any atom is -0.475 e. The lowest BCUT2D eigenvalue weighted by atomic mass is 10.0. The molecule has 2 atom stereocenters. The van der Waals surface area contributed by atoms with Gasteiger partial charge in [0.25, 0.3) is 0 Å². The number of likely N-dealkylation sites (tertiary alicyclic amines) is 1. The molecule has 0 bridgehead atoms. The van der Waals surface area contributed by atoms with Gasteiger partial charge in [-0.25, -0.2) is 19.6 Å². The van der Waals surface area contributed by atoms with Crippen LogP contribution in [0.1, 0.15) is 49.9 Å². The summed E-state index contributed by atoms with van der Waals surface area (Å²) in [6.07, 6.45) is 1.15. The maximum atomic E-state index is 12.8. The summed E-state index contributed by atoms with van der Waals surface area (Å²) >= 11 is 0. The second kappa shape index (κ2) is 12.7. The van der Waals surface area contributed by atoms with E-state index in [2.05, 4.69) is 15.6 Å². The Morgan fingerprint density at radius 2 is 1.84 bits per heavy atom. The number of carbonyl (C=O) groups excluding carboxylic acids is 2. The maximum absolute atomic E-state index is 12.8. The number of pyridine rings is 1. The highest BCUT2D eigenvalue weighted by molar-refractivity contribution is 6.01. The van der Waals surface area contributed by atoms with Crippen molar-refractivity contribution in [2.75, 3.05) is 36.9 Å². The highest BCUT2D eigenvalue weighted by Crippen LogP contribution is 2.34. The van der Waals surface area contributed by atoms with Gasteiger partial charge in [-0.15, -0.1) is 0 Å². The molecule has 1 fully saturated rings. The number of aliphatic hydroxyl groups excluding tert-OH is 1. The van der Waals surface area contributed by atoms with Gasteiger partial charge in [-0.2, -0.15) is 0 Å². The molecule has 1 saturated heterocycles. The summed E-state index contributed by atoms with van der Waals surface area (Å²) in [6.45, 7) is 6.51. The number of aromatic nitrogens is 1. The summed E-state index contributed by atoms with van der Waals surface area (Å²) in [5.74, 6) is 0.620. The van der Waals surface area contributed by atoms with Crippen molar-refractivity contribution in [1.29, 1.82) is 0 Å². The Morgan fingerprint density at radius 1 is 1.12 bits per heavy atom. The Hall–Kier alpha value is -4.64. The van der Waals surface area contributed by atoms with E-state index in [0.717, 1.165) is 11.1 Å². The zero-order chi connectivity index (χ0) is 30.5. The quantitative estimate of drug-likeness (QED) is 0.330. The molecule has 226 valence electrons. The number of amides is 2. The van der Waals surface area contributed by atoms with Crippen molar-refractivity contribution < 1.29 is 28.9 Å². The van der Waals surface area contributed by atoms with Gasteiger partial charge in [-0.05, 0) is 38.3 Å². The van der Waals surface area contributed by atoms with Crippen LogP contribution in [0, 0.1) is 0 Å². The number of hydrogen-bond donors (Lipinski definition) is 3. The van der Waals surface area contributed by atoms with Gasteiger partial charge in [0.1, 0.15) is 30.2 Å². The van der Waals surface area contributed by atoms with Crippen molar-refractivity contribution in [2.45, 2.75) is 51.0 Å². The van der Waals surface area contributed by atoms with Gasteiger partial charge in [0.05, 0.1) is 30.4 Å². The SMILES string of the molecule is CC(C)(C)OC(=O)Nc1cc(N[C@H](CO)c2ccccc2)c(C2=NC3(CCN(C(=O)OCc4ccccc4)C3)CO2)cn1. The molecule has 2 aliphatic rings. The second-order valence-corrected chi connectivity index (χ2v) is 11.7. The molecule has 11 heteroatoms. The number of aliphatic hydroxyl groups is 1. The third kappa shape index (κ3) is 7.61. The van der Waals surface area contributed by atoms with Gasteiger partial charge < -0.3 is 29.5 Å². The lowest BCUT2D eigenvalue weighted by Gasteiger charge is -2.22. The van der Waals surface area contributed by atoms with Crippen LogP contribution in [-0.4, -0.2) is 70.5 Å². The molecule has 0 saturated carbocycles. The minimum atomic E-state index is -0.676. The lowest BCUT2D eigenvalue weighted by Crippen LogP contribution is -2.36. The lowest BCUT2D eigenvalue weighted by molar-refractivity contribution is 0.0635. The van der Waals surface area contributed by atoms with Crippen LogP contribution in [0.4, 0.5) is 21.1 Å². The molecule has 2 aliphatic heterocycles. The predicted octanol–water partition coefficient (Wildman–Crippen LogP) is 5.13. The summed E-state index contributed by atoms with van der Waals surface area (Å²) < 4.78 is 17.0. The molecule has 5 rings (SSSR count). The largest absolute Gasteiger partial charge is 0.475 e. The van der Waals surface area contributed by atoms with Crippen molar-refractivity contribution >= 4 is 29.6 Å². The summed E-state index contributed by atoms with van der Waals surface area (Å²) in [4.78, 5) is 36.2. The zero-order valence-corrected chi connectivity index (χ0v) is 24.6. The summed E-state index contributed by atoms with van der Waals surface area (Å²) in [5.41, 5.74) is 1.62. The Balaban J connectivity index is 1.35. The topological polar surface area (TPSA) is 135 Å². The number of nitrogens with one attached hydrogen (secondary N) is 2. The third-order valence-corrected chi connectivity index (χ3v) is 7.09. The smallest absolute Gasteiger partial charge is 0.413 e. The number of benzene rings is 2. The van der Waals surface area contributed by atoms with E-state index in [9.17, 15) is 14.7 Å². The maximum Gasteiger partial charge on any atom is 0.413 e.